The van der Waals surface area contributed by atoms with Crippen LogP contribution in [0.4, 0.5) is 0 Å². The van der Waals surface area contributed by atoms with Crippen LogP contribution in [0.3, 0.4) is 0 Å². The van der Waals surface area contributed by atoms with E-state index in [9.17, 15) is 9.90 Å². The lowest BCUT2D eigenvalue weighted by atomic mass is 9.88. The molecule has 378 valence electrons. The molecule has 4 nitrogen and oxygen atoms in total. The summed E-state index contributed by atoms with van der Waals surface area (Å²) in [5.74, 6) is 5.06. The fraction of sp³-hybridized carbons (Fsp3) is 0.439. The maximum Gasteiger partial charge on any atom is 0.160 e. The van der Waals surface area contributed by atoms with Crippen molar-refractivity contribution < 1.29 is 19.7 Å². The van der Waals surface area contributed by atoms with E-state index >= 15 is 0 Å². The lowest BCUT2D eigenvalue weighted by Crippen LogP contribution is -2.26. The fourth-order valence-corrected chi connectivity index (χ4v) is 8.84. The maximum absolute atomic E-state index is 11.2. The van der Waals surface area contributed by atoms with E-state index in [0.717, 1.165) is 41.4 Å². The number of aliphatic hydroxyl groups excluding tert-OH is 2. The van der Waals surface area contributed by atoms with E-state index in [1.54, 1.807) is 25.0 Å². The highest BCUT2D eigenvalue weighted by molar-refractivity contribution is 5.95. The van der Waals surface area contributed by atoms with Gasteiger partial charge < -0.3 is 14.9 Å². The molecule has 70 heavy (non-hydrogen) atoms. The Balaban J connectivity index is 0.000000223. The van der Waals surface area contributed by atoms with Crippen LogP contribution in [0.25, 0.3) is 0 Å². The first-order valence-electron chi connectivity index (χ1n) is 26.2. The number of carbonyl (C=O) groups excluding carboxylic acids is 1. The number of benzene rings is 6. The Labute approximate surface area is 426 Å². The number of rotatable bonds is 11. The van der Waals surface area contributed by atoms with Crippen LogP contribution in [0.2, 0.25) is 0 Å². The molecule has 0 amide bonds. The van der Waals surface area contributed by atoms with E-state index in [0.29, 0.717) is 41.4 Å². The molecule has 1 heterocycles. The normalized spacial score (nSPS) is 13.4. The predicted octanol–water partition coefficient (Wildman–Crippen LogP) is 17.9. The second-order valence-electron chi connectivity index (χ2n) is 20.9. The summed E-state index contributed by atoms with van der Waals surface area (Å²) in [6.07, 6.45) is 2.46. The monoisotopic (exact) mass is 947 g/mol. The molecule has 2 fully saturated rings. The van der Waals surface area contributed by atoms with Crippen LogP contribution in [0, 0.1) is 6.92 Å². The summed E-state index contributed by atoms with van der Waals surface area (Å²) in [6, 6.07) is 50.0. The van der Waals surface area contributed by atoms with E-state index in [-0.39, 0.29) is 18.5 Å². The van der Waals surface area contributed by atoms with Gasteiger partial charge in [-0.3, -0.25) is 4.79 Å². The second-order valence-corrected chi connectivity index (χ2v) is 20.9. The number of carbonyl (C=O) groups is 1. The third kappa shape index (κ3) is 19.2. The average molecular weight is 947 g/mol. The zero-order valence-electron chi connectivity index (χ0n) is 45.8. The molecule has 1 atom stereocenters. The molecule has 6 aromatic rings. The summed E-state index contributed by atoms with van der Waals surface area (Å²) in [5, 5.41) is 18.4. The molecule has 2 aliphatic rings. The minimum Gasteiger partial charge on any atom is -0.392 e. The Kier molecular flexibility index (Phi) is 25.8. The summed E-state index contributed by atoms with van der Waals surface area (Å²) in [6.45, 7) is 33.8. The predicted molar refractivity (Wildman–Crippen MR) is 300 cm³/mol. The number of Topliss-reactive ketones (excluding diaryl/α,β-unsaturated/α-hetero) is 1. The molecular formula is C66H90O4. The Hall–Kier alpha value is -5.13. The number of hydrogen-bond acceptors (Lipinski definition) is 4. The molecule has 4 heteroatoms. The zero-order valence-corrected chi connectivity index (χ0v) is 45.8. The first kappa shape index (κ1) is 59.2. The topological polar surface area (TPSA) is 66.8 Å². The summed E-state index contributed by atoms with van der Waals surface area (Å²) in [7, 11) is 0. The summed E-state index contributed by atoms with van der Waals surface area (Å²) in [4.78, 5) is 11.2. The van der Waals surface area contributed by atoms with Gasteiger partial charge in [-0.05, 0) is 136 Å². The number of hydrogen-bond donors (Lipinski definition) is 2. The number of ketones is 1. The SMILES string of the molecule is CC(=O)c1ccccc1C(C)C.CC(C)c1ccccc1C(C)O.CC(C)c1ccccc1C1CC1.CC(C)c1ccccc1C1COC1.CC(C)c1ccccc1CO.Cc1ccccc1C(C)C. The van der Waals surface area contributed by atoms with Gasteiger partial charge in [-0.25, -0.2) is 0 Å². The molecule has 0 bridgehead atoms. The average Bonchev–Trinajstić information content (AvgIpc) is 4.18. The van der Waals surface area contributed by atoms with E-state index in [2.05, 4.69) is 175 Å². The van der Waals surface area contributed by atoms with E-state index in [1.807, 2.05) is 60.7 Å². The van der Waals surface area contributed by atoms with Gasteiger partial charge in [0.2, 0.25) is 0 Å². The van der Waals surface area contributed by atoms with E-state index < -0.39 is 0 Å². The highest BCUT2D eigenvalue weighted by Gasteiger charge is 2.26. The van der Waals surface area contributed by atoms with E-state index in [4.69, 9.17) is 9.84 Å². The van der Waals surface area contributed by atoms with Crippen LogP contribution in [0.1, 0.15) is 235 Å². The van der Waals surface area contributed by atoms with Crippen molar-refractivity contribution in [3.63, 3.8) is 0 Å². The number of ether oxygens (including phenoxy) is 1. The third-order valence-electron chi connectivity index (χ3n) is 13.0. The van der Waals surface area contributed by atoms with Gasteiger partial charge in [-0.2, -0.15) is 0 Å². The highest BCUT2D eigenvalue weighted by atomic mass is 16.5. The molecule has 0 spiro atoms. The molecule has 1 saturated carbocycles. The van der Waals surface area contributed by atoms with Gasteiger partial charge in [-0.1, -0.05) is 229 Å². The van der Waals surface area contributed by atoms with Crippen molar-refractivity contribution >= 4 is 5.78 Å². The number of aryl methyl sites for hydroxylation is 1. The Morgan fingerprint density at radius 2 is 0.814 bits per heavy atom. The molecule has 0 aromatic heterocycles. The smallest absolute Gasteiger partial charge is 0.160 e. The van der Waals surface area contributed by atoms with Crippen molar-refractivity contribution in [2.24, 2.45) is 0 Å². The lowest BCUT2D eigenvalue weighted by molar-refractivity contribution is 0.00800. The van der Waals surface area contributed by atoms with Crippen LogP contribution in [-0.4, -0.2) is 29.2 Å². The van der Waals surface area contributed by atoms with Crippen LogP contribution in [0.5, 0.6) is 0 Å². The van der Waals surface area contributed by atoms with Crippen LogP contribution >= 0.6 is 0 Å². The second kappa shape index (κ2) is 30.6. The quantitative estimate of drug-likeness (QED) is 0.127. The largest absolute Gasteiger partial charge is 0.392 e. The summed E-state index contributed by atoms with van der Waals surface area (Å²) >= 11 is 0. The molecule has 6 aromatic carbocycles. The lowest BCUT2D eigenvalue weighted by Gasteiger charge is -2.29. The van der Waals surface area contributed by atoms with Gasteiger partial charge >= 0.3 is 0 Å². The first-order valence-corrected chi connectivity index (χ1v) is 26.2. The van der Waals surface area contributed by atoms with Gasteiger partial charge in [0.25, 0.3) is 0 Å². The maximum atomic E-state index is 11.2. The van der Waals surface area contributed by atoms with Gasteiger partial charge in [-0.15, -0.1) is 0 Å². The standard InChI is InChI=1S/C12H16O.C12H16.C11H16O.C11H14O.C10H14O.C10H14/c1-9(2)11-5-3-4-6-12(11)10-7-13-8-10;1-9(2)11-5-3-4-6-12(11)10-7-8-10;2*1-8(2)10-6-4-5-7-11(10)9(3)12;1-8(2)10-6-4-3-5-9(10)7-11;1-8(2)10-7-5-4-6-9(10)3/h3-6,9-10H,7-8H2,1-2H3;3-6,9-10H,7-8H2,1-2H3;4-9,12H,1-3H3;4-8H,1-3H3;3-6,8,11H,7H2,1-2H3;4-8H,1-3H3. The molecule has 0 radical (unpaired) electrons. The van der Waals surface area contributed by atoms with Gasteiger partial charge in [0, 0.05) is 11.5 Å². The van der Waals surface area contributed by atoms with Crippen LogP contribution in [0.15, 0.2) is 146 Å². The third-order valence-corrected chi connectivity index (χ3v) is 13.0. The van der Waals surface area contributed by atoms with Crippen molar-refractivity contribution in [1.82, 2.24) is 0 Å². The molecular weight excluding hydrogens is 857 g/mol. The minimum atomic E-state index is -0.358. The van der Waals surface area contributed by atoms with Crippen molar-refractivity contribution in [3.8, 4) is 0 Å². The highest BCUT2D eigenvalue weighted by Crippen LogP contribution is 2.43. The molecule has 1 unspecified atom stereocenters. The Morgan fingerprint density at radius 1 is 0.457 bits per heavy atom. The van der Waals surface area contributed by atoms with Crippen LogP contribution < -0.4 is 0 Å². The Bertz CT molecular complexity index is 2310. The van der Waals surface area contributed by atoms with Gasteiger partial charge in [0.15, 0.2) is 5.78 Å². The number of aliphatic hydroxyl groups is 2. The van der Waals surface area contributed by atoms with Crippen molar-refractivity contribution in [2.75, 3.05) is 13.2 Å². The van der Waals surface area contributed by atoms with Crippen molar-refractivity contribution in [3.05, 3.63) is 212 Å². The minimum absolute atomic E-state index is 0.147. The molecule has 1 saturated heterocycles. The first-order chi connectivity index (χ1) is 33.3. The molecule has 1 aliphatic heterocycles. The van der Waals surface area contributed by atoms with Gasteiger partial charge in [0.05, 0.1) is 25.9 Å². The fourth-order valence-electron chi connectivity index (χ4n) is 8.84. The zero-order chi connectivity index (χ0) is 51.9. The summed E-state index contributed by atoms with van der Waals surface area (Å²) < 4.78 is 5.22. The van der Waals surface area contributed by atoms with Crippen LogP contribution in [-0.2, 0) is 11.3 Å². The molecule has 8 rings (SSSR count). The van der Waals surface area contributed by atoms with Crippen molar-refractivity contribution in [2.45, 2.75) is 177 Å². The van der Waals surface area contributed by atoms with Gasteiger partial charge in [0.1, 0.15) is 0 Å². The Morgan fingerprint density at radius 3 is 1.14 bits per heavy atom. The van der Waals surface area contributed by atoms with Crippen molar-refractivity contribution in [1.29, 1.82) is 0 Å². The summed E-state index contributed by atoms with van der Waals surface area (Å²) in [5.41, 5.74) is 15.6. The molecule has 1 aliphatic carbocycles. The van der Waals surface area contributed by atoms with E-state index in [1.165, 1.54) is 46.2 Å². The molecule has 2 N–H and O–H groups in total.